The molecule has 1 heterocycles. The molecule has 0 radical (unpaired) electrons. The second kappa shape index (κ2) is 4.81. The predicted octanol–water partition coefficient (Wildman–Crippen LogP) is 4.43. The maximum atomic E-state index is 12.5. The van der Waals surface area contributed by atoms with Gasteiger partial charge < -0.3 is 0 Å². The third-order valence-corrected chi connectivity index (χ3v) is 3.17. The summed E-state index contributed by atoms with van der Waals surface area (Å²) in [6.07, 6.45) is -4.35. The Balaban J connectivity index is 2.43. The molecule has 0 amide bonds. The molecule has 6 heteroatoms. The molecule has 19 heavy (non-hydrogen) atoms. The van der Waals surface area contributed by atoms with E-state index < -0.39 is 11.7 Å². The van der Waals surface area contributed by atoms with Gasteiger partial charge in [0.15, 0.2) is 5.82 Å². The molecule has 0 atom stereocenters. The highest BCUT2D eigenvalue weighted by atomic mass is 35.5. The summed E-state index contributed by atoms with van der Waals surface area (Å²) >= 11 is 5.94. The number of aryl methyl sites for hydroxylation is 1. The van der Waals surface area contributed by atoms with Crippen LogP contribution in [0.15, 0.2) is 24.3 Å². The van der Waals surface area contributed by atoms with Crippen LogP contribution in [-0.4, -0.2) is 9.97 Å². The normalized spacial score (nSPS) is 11.7. The van der Waals surface area contributed by atoms with E-state index in [1.54, 1.807) is 13.8 Å². The largest absolute Gasteiger partial charge is 0.416 e. The highest BCUT2D eigenvalue weighted by Gasteiger charge is 2.30. The minimum atomic E-state index is -4.35. The molecule has 1 aromatic heterocycles. The maximum Gasteiger partial charge on any atom is 0.416 e. The number of rotatable bonds is 1. The number of alkyl halides is 3. The highest BCUT2D eigenvalue weighted by Crippen LogP contribution is 2.30. The van der Waals surface area contributed by atoms with E-state index >= 15 is 0 Å². The molecule has 100 valence electrons. The van der Waals surface area contributed by atoms with E-state index in [0.717, 1.165) is 17.7 Å². The first kappa shape index (κ1) is 13.8. The van der Waals surface area contributed by atoms with E-state index in [-0.39, 0.29) is 0 Å². The quantitative estimate of drug-likeness (QED) is 0.725. The fourth-order valence-electron chi connectivity index (χ4n) is 1.53. The molecule has 0 aliphatic heterocycles. The molecule has 0 aliphatic carbocycles. The number of aromatic nitrogens is 2. The Morgan fingerprint density at radius 1 is 1.00 bits per heavy atom. The summed E-state index contributed by atoms with van der Waals surface area (Å²) in [6, 6.07) is 4.68. The zero-order chi connectivity index (χ0) is 14.2. The van der Waals surface area contributed by atoms with Crippen LogP contribution in [0.2, 0.25) is 5.15 Å². The van der Waals surface area contributed by atoms with Gasteiger partial charge in [0.2, 0.25) is 0 Å². The van der Waals surface area contributed by atoms with E-state index in [0.29, 0.717) is 22.2 Å². The SMILES string of the molecule is Cc1nc(-c2ccc(C(F)(F)F)cc2)nc(Cl)c1C. The van der Waals surface area contributed by atoms with Gasteiger partial charge in [0.1, 0.15) is 5.15 Å². The Kier molecular flexibility index (Phi) is 3.49. The van der Waals surface area contributed by atoms with Crippen molar-refractivity contribution in [2.24, 2.45) is 0 Å². The van der Waals surface area contributed by atoms with Crippen molar-refractivity contribution < 1.29 is 13.2 Å². The highest BCUT2D eigenvalue weighted by molar-refractivity contribution is 6.30. The van der Waals surface area contributed by atoms with Gasteiger partial charge in [-0.1, -0.05) is 23.7 Å². The topological polar surface area (TPSA) is 25.8 Å². The van der Waals surface area contributed by atoms with Crippen LogP contribution in [0.4, 0.5) is 13.2 Å². The van der Waals surface area contributed by atoms with Crippen LogP contribution >= 0.6 is 11.6 Å². The molecule has 1 aromatic carbocycles. The van der Waals surface area contributed by atoms with Gasteiger partial charge in [-0.05, 0) is 26.0 Å². The standard InChI is InChI=1S/C13H10ClF3N2/c1-7-8(2)18-12(19-11(7)14)9-3-5-10(6-4-9)13(15,16)17/h3-6H,1-2H3. The van der Waals surface area contributed by atoms with Crippen molar-refractivity contribution in [1.29, 1.82) is 0 Å². The zero-order valence-corrected chi connectivity index (χ0v) is 11.0. The number of nitrogens with zero attached hydrogens (tertiary/aromatic N) is 2. The maximum absolute atomic E-state index is 12.5. The van der Waals surface area contributed by atoms with Crippen LogP contribution in [0, 0.1) is 13.8 Å². The second-order valence-corrected chi connectivity index (χ2v) is 4.48. The molecule has 0 saturated heterocycles. The lowest BCUT2D eigenvalue weighted by atomic mass is 10.1. The van der Waals surface area contributed by atoms with Gasteiger partial charge >= 0.3 is 6.18 Å². The summed E-state index contributed by atoms with van der Waals surface area (Å²) in [5, 5.41) is 0.308. The van der Waals surface area contributed by atoms with Crippen LogP contribution in [-0.2, 0) is 6.18 Å². The molecule has 2 rings (SSSR count). The second-order valence-electron chi connectivity index (χ2n) is 4.12. The monoisotopic (exact) mass is 286 g/mol. The predicted molar refractivity (Wildman–Crippen MR) is 67.0 cm³/mol. The van der Waals surface area contributed by atoms with Crippen LogP contribution < -0.4 is 0 Å². The Morgan fingerprint density at radius 3 is 2.05 bits per heavy atom. The van der Waals surface area contributed by atoms with Gasteiger partial charge in [-0.15, -0.1) is 0 Å². The number of benzene rings is 1. The molecular formula is C13H10ClF3N2. The summed E-state index contributed by atoms with van der Waals surface area (Å²) < 4.78 is 37.4. The van der Waals surface area contributed by atoms with Crippen LogP contribution in [0.3, 0.4) is 0 Å². The Hall–Kier alpha value is -1.62. The van der Waals surface area contributed by atoms with Crippen molar-refractivity contribution in [3.05, 3.63) is 46.2 Å². The van der Waals surface area contributed by atoms with Crippen molar-refractivity contribution in [2.45, 2.75) is 20.0 Å². The fourth-order valence-corrected chi connectivity index (χ4v) is 1.75. The average molecular weight is 287 g/mol. The van der Waals surface area contributed by atoms with Crippen molar-refractivity contribution in [3.63, 3.8) is 0 Å². The molecule has 0 N–H and O–H groups in total. The summed E-state index contributed by atoms with van der Waals surface area (Å²) in [5.41, 5.74) is 1.26. The average Bonchev–Trinajstić information content (AvgIpc) is 2.34. The third-order valence-electron chi connectivity index (χ3n) is 2.80. The molecular weight excluding hydrogens is 277 g/mol. The number of halogens is 4. The van der Waals surface area contributed by atoms with E-state index in [4.69, 9.17) is 11.6 Å². The van der Waals surface area contributed by atoms with Gasteiger partial charge in [0, 0.05) is 16.8 Å². The number of hydrogen-bond acceptors (Lipinski definition) is 2. The lowest BCUT2D eigenvalue weighted by Gasteiger charge is -2.08. The third kappa shape index (κ3) is 2.87. The van der Waals surface area contributed by atoms with Crippen molar-refractivity contribution >= 4 is 11.6 Å². The molecule has 0 spiro atoms. The first-order valence-electron chi connectivity index (χ1n) is 5.47. The van der Waals surface area contributed by atoms with Crippen molar-refractivity contribution in [1.82, 2.24) is 9.97 Å². The first-order chi connectivity index (χ1) is 8.79. The van der Waals surface area contributed by atoms with E-state index in [1.807, 2.05) is 0 Å². The van der Waals surface area contributed by atoms with Crippen LogP contribution in [0.1, 0.15) is 16.8 Å². The zero-order valence-electron chi connectivity index (χ0n) is 10.2. The Morgan fingerprint density at radius 2 is 1.58 bits per heavy atom. The summed E-state index contributed by atoms with van der Waals surface area (Å²) in [4.78, 5) is 8.29. The number of hydrogen-bond donors (Lipinski definition) is 0. The molecule has 0 aliphatic rings. The van der Waals surface area contributed by atoms with E-state index in [9.17, 15) is 13.2 Å². The summed E-state index contributed by atoms with van der Waals surface area (Å²) in [5.74, 6) is 0.321. The van der Waals surface area contributed by atoms with Gasteiger partial charge in [-0.2, -0.15) is 13.2 Å². The Labute approximate surface area is 113 Å². The van der Waals surface area contributed by atoms with Crippen molar-refractivity contribution in [2.75, 3.05) is 0 Å². The van der Waals surface area contributed by atoms with Gasteiger partial charge in [0.25, 0.3) is 0 Å². The van der Waals surface area contributed by atoms with Gasteiger partial charge in [0.05, 0.1) is 5.56 Å². The van der Waals surface area contributed by atoms with Crippen LogP contribution in [0.5, 0.6) is 0 Å². The smallest absolute Gasteiger partial charge is 0.233 e. The lowest BCUT2D eigenvalue weighted by Crippen LogP contribution is -2.04. The lowest BCUT2D eigenvalue weighted by molar-refractivity contribution is -0.137. The molecule has 0 saturated carbocycles. The first-order valence-corrected chi connectivity index (χ1v) is 5.85. The minimum Gasteiger partial charge on any atom is -0.233 e. The van der Waals surface area contributed by atoms with Crippen LogP contribution in [0.25, 0.3) is 11.4 Å². The summed E-state index contributed by atoms with van der Waals surface area (Å²) in [7, 11) is 0. The Bertz CT molecular complexity index is 583. The van der Waals surface area contributed by atoms with E-state index in [2.05, 4.69) is 9.97 Å². The molecule has 0 unspecified atom stereocenters. The van der Waals surface area contributed by atoms with Crippen molar-refractivity contribution in [3.8, 4) is 11.4 Å². The van der Waals surface area contributed by atoms with E-state index in [1.165, 1.54) is 12.1 Å². The van der Waals surface area contributed by atoms with Gasteiger partial charge in [-0.25, -0.2) is 9.97 Å². The molecule has 0 fully saturated rings. The molecule has 2 aromatic rings. The van der Waals surface area contributed by atoms with Gasteiger partial charge in [-0.3, -0.25) is 0 Å². The fraction of sp³-hybridized carbons (Fsp3) is 0.231. The minimum absolute atomic E-state index is 0.308. The molecule has 2 nitrogen and oxygen atoms in total. The summed E-state index contributed by atoms with van der Waals surface area (Å²) in [6.45, 7) is 3.56. The molecule has 0 bridgehead atoms.